The summed E-state index contributed by atoms with van der Waals surface area (Å²) in [4.78, 5) is 0. The second-order valence-electron chi connectivity index (χ2n) is 4.63. The van der Waals surface area contributed by atoms with Gasteiger partial charge in [0.2, 0.25) is 0 Å². The van der Waals surface area contributed by atoms with Crippen molar-refractivity contribution >= 4 is 0 Å². The van der Waals surface area contributed by atoms with E-state index in [0.717, 1.165) is 5.56 Å². The summed E-state index contributed by atoms with van der Waals surface area (Å²) in [6, 6.07) is 9.95. The molecule has 0 aromatic heterocycles. The molecule has 17 heavy (non-hydrogen) atoms. The zero-order chi connectivity index (χ0) is 12.7. The van der Waals surface area contributed by atoms with E-state index in [2.05, 4.69) is 0 Å². The monoisotopic (exact) mass is 238 g/mol. The summed E-state index contributed by atoms with van der Waals surface area (Å²) in [7, 11) is 0. The standard InChI is InChI=1S/C14H22O3/c1-11(8-15)14(16)12(2)9-17-10-13-6-4-3-5-7-13/h3-7,11-12,14-16H,8-10H2,1-2H3/t11-,12+,14-/m0/s1. The Morgan fingerprint density at radius 1 is 1.12 bits per heavy atom. The Labute approximate surface area is 103 Å². The molecule has 1 aromatic rings. The van der Waals surface area contributed by atoms with Crippen LogP contribution in [0.1, 0.15) is 19.4 Å². The van der Waals surface area contributed by atoms with Crippen LogP contribution in [0, 0.1) is 11.8 Å². The summed E-state index contributed by atoms with van der Waals surface area (Å²) in [6.07, 6.45) is -0.518. The van der Waals surface area contributed by atoms with Gasteiger partial charge in [0.15, 0.2) is 0 Å². The Bertz CT molecular complexity index is 300. The second-order valence-corrected chi connectivity index (χ2v) is 4.63. The van der Waals surface area contributed by atoms with Crippen LogP contribution in [0.25, 0.3) is 0 Å². The highest BCUT2D eigenvalue weighted by Gasteiger charge is 2.20. The van der Waals surface area contributed by atoms with Gasteiger partial charge in [-0.05, 0) is 5.56 Å². The first kappa shape index (κ1) is 14.2. The predicted octanol–water partition coefficient (Wildman–Crippen LogP) is 1.83. The van der Waals surface area contributed by atoms with Crippen molar-refractivity contribution in [3.63, 3.8) is 0 Å². The van der Waals surface area contributed by atoms with Crippen molar-refractivity contribution in [2.75, 3.05) is 13.2 Å². The summed E-state index contributed by atoms with van der Waals surface area (Å²) in [5.74, 6) is -0.0776. The molecule has 0 bridgehead atoms. The minimum Gasteiger partial charge on any atom is -0.396 e. The fourth-order valence-electron chi connectivity index (χ4n) is 1.70. The molecule has 0 amide bonds. The zero-order valence-corrected chi connectivity index (χ0v) is 10.5. The third-order valence-corrected chi connectivity index (χ3v) is 2.95. The molecule has 0 heterocycles. The molecule has 0 spiro atoms. The molecule has 96 valence electrons. The molecule has 0 aliphatic heterocycles. The molecule has 1 aromatic carbocycles. The summed E-state index contributed by atoms with van der Waals surface area (Å²) < 4.78 is 5.56. The largest absolute Gasteiger partial charge is 0.396 e. The first-order chi connectivity index (χ1) is 8.15. The molecule has 3 heteroatoms. The van der Waals surface area contributed by atoms with Crippen LogP contribution < -0.4 is 0 Å². The van der Waals surface area contributed by atoms with E-state index >= 15 is 0 Å². The van der Waals surface area contributed by atoms with Gasteiger partial charge in [-0.25, -0.2) is 0 Å². The van der Waals surface area contributed by atoms with Crippen molar-refractivity contribution in [2.24, 2.45) is 11.8 Å². The molecule has 0 aliphatic carbocycles. The van der Waals surface area contributed by atoms with Crippen LogP contribution in [0.4, 0.5) is 0 Å². The molecule has 1 rings (SSSR count). The molecule has 0 radical (unpaired) electrons. The quantitative estimate of drug-likeness (QED) is 0.762. The average Bonchev–Trinajstić information content (AvgIpc) is 2.38. The highest BCUT2D eigenvalue weighted by atomic mass is 16.5. The number of rotatable bonds is 7. The maximum absolute atomic E-state index is 9.84. The number of hydrogen-bond donors (Lipinski definition) is 2. The molecule has 0 saturated heterocycles. The van der Waals surface area contributed by atoms with Gasteiger partial charge < -0.3 is 14.9 Å². The second kappa shape index (κ2) is 7.43. The number of aliphatic hydroxyl groups is 2. The van der Waals surface area contributed by atoms with Crippen LogP contribution in [0.2, 0.25) is 0 Å². The van der Waals surface area contributed by atoms with Gasteiger partial charge in [0.1, 0.15) is 0 Å². The number of benzene rings is 1. The van der Waals surface area contributed by atoms with E-state index in [1.165, 1.54) is 0 Å². The normalized spacial score (nSPS) is 16.5. The van der Waals surface area contributed by atoms with Crippen LogP contribution in [-0.4, -0.2) is 29.5 Å². The lowest BCUT2D eigenvalue weighted by Gasteiger charge is -2.23. The van der Waals surface area contributed by atoms with Gasteiger partial charge >= 0.3 is 0 Å². The van der Waals surface area contributed by atoms with Crippen molar-refractivity contribution in [3.05, 3.63) is 35.9 Å². The number of hydrogen-bond acceptors (Lipinski definition) is 3. The van der Waals surface area contributed by atoms with Gasteiger partial charge in [-0.3, -0.25) is 0 Å². The molecule has 0 unspecified atom stereocenters. The third kappa shape index (κ3) is 4.86. The zero-order valence-electron chi connectivity index (χ0n) is 10.5. The lowest BCUT2D eigenvalue weighted by atomic mass is 9.95. The van der Waals surface area contributed by atoms with E-state index in [0.29, 0.717) is 13.2 Å². The predicted molar refractivity (Wildman–Crippen MR) is 67.5 cm³/mol. The lowest BCUT2D eigenvalue weighted by molar-refractivity contribution is -0.00902. The molecule has 0 aliphatic rings. The Kier molecular flexibility index (Phi) is 6.19. The lowest BCUT2D eigenvalue weighted by Crippen LogP contribution is -2.30. The fraction of sp³-hybridized carbons (Fsp3) is 0.571. The van der Waals surface area contributed by atoms with Gasteiger partial charge in [0, 0.05) is 18.4 Å². The van der Waals surface area contributed by atoms with Gasteiger partial charge in [-0.15, -0.1) is 0 Å². The van der Waals surface area contributed by atoms with E-state index in [1.807, 2.05) is 44.2 Å². The minimum absolute atomic E-state index is 0.00416. The highest BCUT2D eigenvalue weighted by Crippen LogP contribution is 2.13. The maximum Gasteiger partial charge on any atom is 0.0717 e. The molecule has 0 saturated carbocycles. The molecule has 2 N–H and O–H groups in total. The van der Waals surface area contributed by atoms with E-state index in [1.54, 1.807) is 0 Å². The van der Waals surface area contributed by atoms with Crippen molar-refractivity contribution in [3.8, 4) is 0 Å². The van der Waals surface area contributed by atoms with Crippen LogP contribution in [-0.2, 0) is 11.3 Å². The highest BCUT2D eigenvalue weighted by molar-refractivity contribution is 5.13. The molecular formula is C14H22O3. The SMILES string of the molecule is C[C@H](COCc1ccccc1)[C@@H](O)[C@@H](C)CO. The van der Waals surface area contributed by atoms with Gasteiger partial charge in [-0.1, -0.05) is 44.2 Å². The van der Waals surface area contributed by atoms with Gasteiger partial charge in [-0.2, -0.15) is 0 Å². The summed E-state index contributed by atoms with van der Waals surface area (Å²) in [6.45, 7) is 4.83. The Morgan fingerprint density at radius 2 is 1.76 bits per heavy atom. The van der Waals surface area contributed by atoms with Crippen molar-refractivity contribution in [1.29, 1.82) is 0 Å². The van der Waals surface area contributed by atoms with Crippen molar-refractivity contribution < 1.29 is 14.9 Å². The molecule has 3 atom stereocenters. The Morgan fingerprint density at radius 3 is 2.35 bits per heavy atom. The van der Waals surface area contributed by atoms with E-state index in [9.17, 15) is 5.11 Å². The van der Waals surface area contributed by atoms with E-state index in [-0.39, 0.29) is 18.4 Å². The molecular weight excluding hydrogens is 216 g/mol. The fourth-order valence-corrected chi connectivity index (χ4v) is 1.70. The molecule has 0 fully saturated rings. The third-order valence-electron chi connectivity index (χ3n) is 2.95. The summed E-state index contributed by atoms with van der Waals surface area (Å²) in [5, 5.41) is 18.8. The van der Waals surface area contributed by atoms with E-state index < -0.39 is 6.10 Å². The average molecular weight is 238 g/mol. The van der Waals surface area contributed by atoms with Crippen LogP contribution in [0.3, 0.4) is 0 Å². The first-order valence-electron chi connectivity index (χ1n) is 6.05. The Balaban J connectivity index is 2.27. The minimum atomic E-state index is -0.518. The molecule has 3 nitrogen and oxygen atoms in total. The van der Waals surface area contributed by atoms with Gasteiger partial charge in [0.25, 0.3) is 0 Å². The van der Waals surface area contributed by atoms with Crippen LogP contribution in [0.15, 0.2) is 30.3 Å². The topological polar surface area (TPSA) is 49.7 Å². The van der Waals surface area contributed by atoms with E-state index in [4.69, 9.17) is 9.84 Å². The van der Waals surface area contributed by atoms with Crippen LogP contribution >= 0.6 is 0 Å². The van der Waals surface area contributed by atoms with Crippen LogP contribution in [0.5, 0.6) is 0 Å². The smallest absolute Gasteiger partial charge is 0.0717 e. The summed E-state index contributed by atoms with van der Waals surface area (Å²) >= 11 is 0. The van der Waals surface area contributed by atoms with Crippen molar-refractivity contribution in [2.45, 2.75) is 26.6 Å². The number of ether oxygens (including phenoxy) is 1. The maximum atomic E-state index is 9.84. The summed E-state index contributed by atoms with van der Waals surface area (Å²) in [5.41, 5.74) is 1.13. The number of aliphatic hydroxyl groups excluding tert-OH is 2. The first-order valence-corrected chi connectivity index (χ1v) is 6.05. The van der Waals surface area contributed by atoms with Crippen molar-refractivity contribution in [1.82, 2.24) is 0 Å². The van der Waals surface area contributed by atoms with Gasteiger partial charge in [0.05, 0.1) is 19.3 Å². The Hall–Kier alpha value is -0.900.